The number of methoxy groups -OCH3 is 1. The number of fused-ring (bicyclic) bond motifs is 1. The molecule has 5 rings (SSSR count). The maximum absolute atomic E-state index is 13.0. The predicted octanol–water partition coefficient (Wildman–Crippen LogP) is 6.84. The van der Waals surface area contributed by atoms with Gasteiger partial charge in [-0.25, -0.2) is 9.79 Å². The first-order chi connectivity index (χ1) is 19.5. The summed E-state index contributed by atoms with van der Waals surface area (Å²) < 4.78 is 16.8. The molecule has 0 N–H and O–H groups in total. The second-order valence-electron chi connectivity index (χ2n) is 8.97. The van der Waals surface area contributed by atoms with Crippen LogP contribution in [-0.2, 0) is 16.1 Å². The Morgan fingerprint density at radius 3 is 2.52 bits per heavy atom. The summed E-state index contributed by atoms with van der Waals surface area (Å²) in [4.78, 5) is 31.5. The van der Waals surface area contributed by atoms with Gasteiger partial charge in [-0.3, -0.25) is 9.69 Å². The molecule has 0 spiro atoms. The number of carbonyl (C=O) groups excluding carboxylic acids is 2. The van der Waals surface area contributed by atoms with Crippen molar-refractivity contribution in [2.24, 2.45) is 4.99 Å². The number of rotatable bonds is 8. The molecule has 4 aromatic rings. The van der Waals surface area contributed by atoms with Crippen LogP contribution < -0.4 is 9.47 Å². The minimum atomic E-state index is -0.380. The van der Waals surface area contributed by atoms with Gasteiger partial charge in [-0.2, -0.15) is 0 Å². The van der Waals surface area contributed by atoms with Crippen LogP contribution in [0.15, 0.2) is 94.8 Å². The number of carbonyl (C=O) groups is 2. The molecule has 0 bridgehead atoms. The minimum absolute atomic E-state index is 0.151. The molecule has 1 aliphatic rings. The van der Waals surface area contributed by atoms with Crippen molar-refractivity contribution >= 4 is 51.3 Å². The molecule has 0 saturated carbocycles. The summed E-state index contributed by atoms with van der Waals surface area (Å²) in [5.41, 5.74) is 2.97. The number of amides is 1. The lowest BCUT2D eigenvalue weighted by molar-refractivity contribution is -0.121. The monoisotopic (exact) mass is 552 g/mol. The molecule has 202 valence electrons. The Morgan fingerprint density at radius 1 is 0.975 bits per heavy atom. The number of hydrogen-bond donors (Lipinski definition) is 0. The molecule has 0 aromatic heterocycles. The average Bonchev–Trinajstić information content (AvgIpc) is 3.24. The number of likely N-dealkylation sites (N-methyl/N-ethyl adjacent to an activating group) is 1. The zero-order valence-electron chi connectivity index (χ0n) is 22.4. The Morgan fingerprint density at radius 2 is 1.75 bits per heavy atom. The summed E-state index contributed by atoms with van der Waals surface area (Å²) in [6, 6.07) is 26.7. The number of amidine groups is 1. The number of ether oxygens (including phenoxy) is 3. The van der Waals surface area contributed by atoms with E-state index in [4.69, 9.17) is 14.2 Å². The number of nitrogens with zero attached hydrogens (tertiary/aromatic N) is 2. The van der Waals surface area contributed by atoms with Crippen LogP contribution >= 0.6 is 11.8 Å². The van der Waals surface area contributed by atoms with Crippen molar-refractivity contribution in [3.63, 3.8) is 0 Å². The Kier molecular flexibility index (Phi) is 8.17. The Hall–Kier alpha value is -4.56. The van der Waals surface area contributed by atoms with Crippen LogP contribution in [0.4, 0.5) is 5.69 Å². The second-order valence-corrected chi connectivity index (χ2v) is 9.98. The third kappa shape index (κ3) is 5.87. The zero-order valence-corrected chi connectivity index (χ0v) is 23.2. The van der Waals surface area contributed by atoms with Gasteiger partial charge in [0.15, 0.2) is 16.7 Å². The van der Waals surface area contributed by atoms with E-state index in [1.165, 1.54) is 16.7 Å². The second kappa shape index (κ2) is 12.1. The van der Waals surface area contributed by atoms with Gasteiger partial charge in [0.05, 0.1) is 29.9 Å². The van der Waals surface area contributed by atoms with Crippen molar-refractivity contribution in [1.29, 1.82) is 0 Å². The maximum Gasteiger partial charge on any atom is 0.338 e. The Balaban J connectivity index is 1.31. The predicted molar refractivity (Wildman–Crippen MR) is 159 cm³/mol. The van der Waals surface area contributed by atoms with Crippen molar-refractivity contribution < 1.29 is 23.8 Å². The molecule has 0 atom stereocenters. The fourth-order valence-electron chi connectivity index (χ4n) is 4.27. The van der Waals surface area contributed by atoms with E-state index in [0.29, 0.717) is 46.0 Å². The van der Waals surface area contributed by atoms with Crippen LogP contribution in [0.5, 0.6) is 11.5 Å². The molecule has 0 aliphatic carbocycles. The molecule has 0 radical (unpaired) electrons. The number of benzene rings is 4. The molecular formula is C32H28N2O5S. The van der Waals surface area contributed by atoms with Crippen LogP contribution in [0.2, 0.25) is 0 Å². The van der Waals surface area contributed by atoms with Gasteiger partial charge in [0.2, 0.25) is 0 Å². The number of aliphatic imine (C=N–C) groups is 1. The summed E-state index contributed by atoms with van der Waals surface area (Å²) in [7, 11) is 3.28. The summed E-state index contributed by atoms with van der Waals surface area (Å²) in [6.45, 7) is 2.48. The van der Waals surface area contributed by atoms with Gasteiger partial charge in [0.25, 0.3) is 5.91 Å². The van der Waals surface area contributed by atoms with Gasteiger partial charge in [-0.1, -0.05) is 48.5 Å². The van der Waals surface area contributed by atoms with Gasteiger partial charge in [-0.15, -0.1) is 0 Å². The lowest BCUT2D eigenvalue weighted by Gasteiger charge is -2.13. The molecule has 4 aromatic carbocycles. The molecule has 1 saturated heterocycles. The van der Waals surface area contributed by atoms with E-state index in [2.05, 4.69) is 29.3 Å². The fourth-order valence-corrected chi connectivity index (χ4v) is 5.25. The van der Waals surface area contributed by atoms with Crippen LogP contribution in [-0.4, -0.2) is 42.7 Å². The SMILES string of the molecule is CCOC(=O)c1ccc(N=C2S/C(=C\c3ccc(OCc4cccc5ccccc45)c(OC)c3)C(=O)N2C)cc1. The largest absolute Gasteiger partial charge is 0.493 e. The van der Waals surface area contributed by atoms with E-state index < -0.39 is 0 Å². The van der Waals surface area contributed by atoms with Crippen molar-refractivity contribution in [2.45, 2.75) is 13.5 Å². The third-order valence-corrected chi connectivity index (χ3v) is 7.42. The van der Waals surface area contributed by atoms with E-state index >= 15 is 0 Å². The van der Waals surface area contributed by atoms with Crippen molar-refractivity contribution in [3.8, 4) is 11.5 Å². The maximum atomic E-state index is 13.0. The Labute approximate surface area is 237 Å². The summed E-state index contributed by atoms with van der Waals surface area (Å²) in [6.07, 6.45) is 1.81. The quantitative estimate of drug-likeness (QED) is 0.176. The van der Waals surface area contributed by atoms with E-state index in [1.807, 2.05) is 42.5 Å². The molecule has 40 heavy (non-hydrogen) atoms. The highest BCUT2D eigenvalue weighted by Gasteiger charge is 2.30. The van der Waals surface area contributed by atoms with Crippen molar-refractivity contribution in [3.05, 3.63) is 107 Å². The van der Waals surface area contributed by atoms with Gasteiger partial charge in [-0.05, 0) is 83.1 Å². The molecule has 0 unspecified atom stereocenters. The van der Waals surface area contributed by atoms with E-state index in [9.17, 15) is 9.59 Å². The highest BCUT2D eigenvalue weighted by Crippen LogP contribution is 2.35. The lowest BCUT2D eigenvalue weighted by Crippen LogP contribution is -2.23. The molecular weight excluding hydrogens is 524 g/mol. The zero-order chi connectivity index (χ0) is 28.1. The average molecular weight is 553 g/mol. The topological polar surface area (TPSA) is 77.4 Å². The first kappa shape index (κ1) is 27.0. The van der Waals surface area contributed by atoms with Crippen LogP contribution in [0.1, 0.15) is 28.4 Å². The smallest absolute Gasteiger partial charge is 0.338 e. The number of esters is 1. The summed E-state index contributed by atoms with van der Waals surface area (Å²) in [5, 5.41) is 2.86. The van der Waals surface area contributed by atoms with Gasteiger partial charge in [0, 0.05) is 7.05 Å². The van der Waals surface area contributed by atoms with Gasteiger partial charge < -0.3 is 14.2 Å². The van der Waals surface area contributed by atoms with Gasteiger partial charge in [0.1, 0.15) is 6.61 Å². The fraction of sp³-hybridized carbons (Fsp3) is 0.156. The van der Waals surface area contributed by atoms with Crippen LogP contribution in [0.3, 0.4) is 0 Å². The Bertz CT molecular complexity index is 1620. The first-order valence-electron chi connectivity index (χ1n) is 12.8. The van der Waals surface area contributed by atoms with Gasteiger partial charge >= 0.3 is 5.97 Å². The van der Waals surface area contributed by atoms with Crippen LogP contribution in [0.25, 0.3) is 16.8 Å². The highest BCUT2D eigenvalue weighted by atomic mass is 32.2. The molecule has 8 heteroatoms. The molecule has 1 aliphatic heterocycles. The van der Waals surface area contributed by atoms with Crippen molar-refractivity contribution in [2.75, 3.05) is 20.8 Å². The first-order valence-corrected chi connectivity index (χ1v) is 13.6. The molecule has 1 fully saturated rings. The standard InChI is InChI=1S/C32H28N2O5S/c1-4-38-31(36)23-13-15-25(16-14-23)33-32-34(2)30(35)29(40-32)19-21-12-17-27(28(18-21)37-3)39-20-24-10-7-9-22-8-5-6-11-26(22)24/h5-19H,4,20H2,1-3H3/b29-19-,33-32?. The molecule has 1 amide bonds. The number of hydrogen-bond acceptors (Lipinski definition) is 7. The molecule has 1 heterocycles. The minimum Gasteiger partial charge on any atom is -0.493 e. The normalized spacial score (nSPS) is 15.2. The van der Waals surface area contributed by atoms with Crippen molar-refractivity contribution in [1.82, 2.24) is 4.90 Å². The summed E-state index contributed by atoms with van der Waals surface area (Å²) in [5.74, 6) is 0.666. The number of thioether (sulfide) groups is 1. The summed E-state index contributed by atoms with van der Waals surface area (Å²) >= 11 is 1.29. The lowest BCUT2D eigenvalue weighted by atomic mass is 10.1. The highest BCUT2D eigenvalue weighted by molar-refractivity contribution is 8.18. The van der Waals surface area contributed by atoms with E-state index in [0.717, 1.165) is 21.9 Å². The van der Waals surface area contributed by atoms with E-state index in [1.54, 1.807) is 45.3 Å². The van der Waals surface area contributed by atoms with E-state index in [-0.39, 0.29) is 11.9 Å². The third-order valence-electron chi connectivity index (χ3n) is 6.36. The molecule has 7 nitrogen and oxygen atoms in total. The van der Waals surface area contributed by atoms with Crippen LogP contribution in [0, 0.1) is 0 Å².